The molecule has 0 atom stereocenters. The Morgan fingerprint density at radius 1 is 0.526 bits per heavy atom. The van der Waals surface area contributed by atoms with Gasteiger partial charge in [0, 0.05) is 50.4 Å². The van der Waals surface area contributed by atoms with Crippen molar-refractivity contribution in [3.8, 4) is 56.0 Å². The first-order chi connectivity index (χ1) is 27.8. The maximum atomic E-state index is 13.1. The fourth-order valence-corrected chi connectivity index (χ4v) is 7.78. The second-order valence-corrected chi connectivity index (χ2v) is 14.1. The van der Waals surface area contributed by atoms with Crippen molar-refractivity contribution in [2.45, 2.75) is 13.8 Å². The molecule has 0 amide bonds. The topological polar surface area (TPSA) is 119 Å². The zero-order chi connectivity index (χ0) is 39.2. The lowest BCUT2D eigenvalue weighted by Crippen LogP contribution is -1.98. The van der Waals surface area contributed by atoms with Crippen molar-refractivity contribution in [3.63, 3.8) is 0 Å². The summed E-state index contributed by atoms with van der Waals surface area (Å²) in [5.41, 5.74) is 13.7. The molecule has 2 aliphatic rings. The highest BCUT2D eigenvalue weighted by Crippen LogP contribution is 2.41. The molecular weight excluding hydrogens is 711 g/mol. The summed E-state index contributed by atoms with van der Waals surface area (Å²) in [7, 11) is 3.27. The fourth-order valence-electron chi connectivity index (χ4n) is 7.78. The number of hydrogen-bond donors (Lipinski definition) is 2. The van der Waals surface area contributed by atoms with Crippen LogP contribution in [0.1, 0.15) is 33.9 Å². The van der Waals surface area contributed by atoms with E-state index in [0.717, 1.165) is 66.9 Å². The molecule has 5 heterocycles. The highest BCUT2D eigenvalue weighted by atomic mass is 16.6. The molecule has 0 spiro atoms. The van der Waals surface area contributed by atoms with Crippen LogP contribution in [0.4, 0.5) is 0 Å². The van der Waals surface area contributed by atoms with E-state index in [4.69, 9.17) is 19.4 Å². The maximum Gasteiger partial charge on any atom is 0.297 e. The summed E-state index contributed by atoms with van der Waals surface area (Å²) in [6, 6.07) is 39.8. The minimum atomic E-state index is -0.350. The van der Waals surface area contributed by atoms with Crippen LogP contribution in [0.25, 0.3) is 90.5 Å². The predicted octanol–water partition coefficient (Wildman–Crippen LogP) is 11.6. The predicted molar refractivity (Wildman–Crippen MR) is 229 cm³/mol. The van der Waals surface area contributed by atoms with Gasteiger partial charge in [0.25, 0.3) is 5.70 Å². The van der Waals surface area contributed by atoms with E-state index in [1.165, 1.54) is 0 Å². The largest absolute Gasteiger partial charge is 0.497 e. The van der Waals surface area contributed by atoms with Crippen LogP contribution in [0.5, 0.6) is 11.5 Å². The highest BCUT2D eigenvalue weighted by molar-refractivity contribution is 6.01. The molecule has 8 bridgehead atoms. The van der Waals surface area contributed by atoms with E-state index in [1.807, 2.05) is 122 Å². The number of aromatic nitrogens is 4. The van der Waals surface area contributed by atoms with Crippen LogP contribution in [-0.2, 0) is 0 Å². The summed E-state index contributed by atoms with van der Waals surface area (Å²) in [4.78, 5) is 30.7. The van der Waals surface area contributed by atoms with Crippen molar-refractivity contribution < 1.29 is 14.4 Å². The van der Waals surface area contributed by atoms with E-state index in [-0.39, 0.29) is 16.3 Å². The van der Waals surface area contributed by atoms with Crippen molar-refractivity contribution >= 4 is 46.0 Å². The van der Waals surface area contributed by atoms with E-state index in [0.29, 0.717) is 39.4 Å². The van der Waals surface area contributed by atoms with Gasteiger partial charge < -0.3 is 19.4 Å². The van der Waals surface area contributed by atoms with Crippen molar-refractivity contribution in [2.75, 3.05) is 14.2 Å². The van der Waals surface area contributed by atoms with Crippen molar-refractivity contribution in [1.82, 2.24) is 19.9 Å². The number of benzene rings is 4. The second-order valence-electron chi connectivity index (χ2n) is 14.1. The number of nitro groups is 1. The maximum absolute atomic E-state index is 13.1. The minimum Gasteiger partial charge on any atom is -0.497 e. The van der Waals surface area contributed by atoms with Crippen LogP contribution < -0.4 is 9.47 Å². The molecule has 0 unspecified atom stereocenters. The normalized spacial score (nSPS) is 12.0. The third kappa shape index (κ3) is 6.44. The Hall–Kier alpha value is -7.52. The molecule has 3 aromatic heterocycles. The molecule has 4 aromatic carbocycles. The fraction of sp³-hybridized carbons (Fsp3) is 0.0833. The third-order valence-electron chi connectivity index (χ3n) is 10.4. The average molecular weight is 748 g/mol. The Balaban J connectivity index is 1.52. The van der Waals surface area contributed by atoms with E-state index in [9.17, 15) is 10.1 Å². The monoisotopic (exact) mass is 747 g/mol. The molecule has 7 aromatic rings. The van der Waals surface area contributed by atoms with Crippen molar-refractivity contribution in [3.05, 3.63) is 165 Å². The number of nitrogens with zero attached hydrogens (tertiary/aromatic N) is 3. The molecule has 2 N–H and O–H groups in total. The Kier molecular flexibility index (Phi) is 8.82. The average Bonchev–Trinajstić information content (AvgIpc) is 4.05. The summed E-state index contributed by atoms with van der Waals surface area (Å²) in [6.45, 7) is 4.08. The van der Waals surface area contributed by atoms with Gasteiger partial charge in [-0.15, -0.1) is 0 Å². The highest BCUT2D eigenvalue weighted by Gasteiger charge is 2.29. The van der Waals surface area contributed by atoms with Crippen LogP contribution in [-0.4, -0.2) is 39.1 Å². The molecule has 9 nitrogen and oxygen atoms in total. The zero-order valence-electron chi connectivity index (χ0n) is 31.8. The van der Waals surface area contributed by atoms with Gasteiger partial charge in [-0.2, -0.15) is 0 Å². The van der Waals surface area contributed by atoms with Gasteiger partial charge >= 0.3 is 0 Å². The minimum absolute atomic E-state index is 0.109. The Bertz CT molecular complexity index is 3010. The number of aryl methyl sites for hydroxylation is 2. The van der Waals surface area contributed by atoms with Gasteiger partial charge in [0.2, 0.25) is 0 Å². The first-order valence-electron chi connectivity index (χ1n) is 18.6. The molecule has 57 heavy (non-hydrogen) atoms. The summed E-state index contributed by atoms with van der Waals surface area (Å²) >= 11 is 0. The number of aromatic amines is 2. The molecule has 278 valence electrons. The van der Waals surface area contributed by atoms with Crippen LogP contribution in [0.15, 0.2) is 121 Å². The smallest absolute Gasteiger partial charge is 0.297 e. The number of rotatable bonds is 7. The van der Waals surface area contributed by atoms with Gasteiger partial charge in [-0.1, -0.05) is 83.9 Å². The van der Waals surface area contributed by atoms with Crippen LogP contribution in [0.3, 0.4) is 0 Å². The van der Waals surface area contributed by atoms with Crippen LogP contribution in [0.2, 0.25) is 0 Å². The lowest BCUT2D eigenvalue weighted by Gasteiger charge is -2.08. The lowest BCUT2D eigenvalue weighted by atomic mass is 10.0. The standard InChI is InChI=1S/C48H37N5O4/c1-28-9-5-11-30(23-28)44-36-17-18-38(49-36)45(32-13-7-15-34(25-32)56-3)39-19-20-40(50-39)46(33-14-8-16-35(26-33)57-4)42-27-43(53(54)55)48(52-42)47(41-22-21-37(44)51-41)31-12-6-10-29(2)24-31/h5-27,50-51H,1-4H3. The van der Waals surface area contributed by atoms with Gasteiger partial charge in [0.15, 0.2) is 5.69 Å². The molecule has 0 aliphatic carbocycles. The third-order valence-corrected chi connectivity index (χ3v) is 10.4. The van der Waals surface area contributed by atoms with E-state index in [2.05, 4.69) is 35.1 Å². The molecule has 0 saturated heterocycles. The summed E-state index contributed by atoms with van der Waals surface area (Å²) in [6.07, 6.45) is 5.67. The van der Waals surface area contributed by atoms with Gasteiger partial charge in [0.05, 0.1) is 36.2 Å². The number of ether oxygens (including phenoxy) is 2. The summed E-state index contributed by atoms with van der Waals surface area (Å²) in [5, 5.41) is 13.1. The summed E-state index contributed by atoms with van der Waals surface area (Å²) in [5.74, 6) is 1.35. The van der Waals surface area contributed by atoms with E-state index < -0.39 is 0 Å². The number of hydrogen-bond acceptors (Lipinski definition) is 6. The zero-order valence-corrected chi connectivity index (χ0v) is 31.8. The first-order valence-corrected chi connectivity index (χ1v) is 18.6. The van der Waals surface area contributed by atoms with Crippen LogP contribution in [0, 0.1) is 24.0 Å². The Labute approximate surface area is 328 Å². The quantitative estimate of drug-likeness (QED) is 0.124. The SMILES string of the molecule is COc1cccc(-c2c3nc(c(-c4cccc(C)c4)c4ccc([nH]4)c(-c4cccc(C)c4)c4nc(c(-c5cccc(OC)c5)c5ccc2[nH]5)C=C4[N+](=O)[O-])C=C3)c1. The first kappa shape index (κ1) is 35.2. The number of nitrogens with one attached hydrogen (secondary N) is 2. The van der Waals surface area contributed by atoms with Crippen LogP contribution >= 0.6 is 0 Å². The summed E-state index contributed by atoms with van der Waals surface area (Å²) < 4.78 is 11.3. The van der Waals surface area contributed by atoms with Gasteiger partial charge in [-0.25, -0.2) is 9.97 Å². The number of H-pyrrole nitrogens is 2. The van der Waals surface area contributed by atoms with E-state index in [1.54, 1.807) is 20.3 Å². The molecule has 0 fully saturated rings. The molecular formula is C48H37N5O4. The second kappa shape index (κ2) is 14.3. The lowest BCUT2D eigenvalue weighted by molar-refractivity contribution is -0.374. The van der Waals surface area contributed by atoms with E-state index >= 15 is 0 Å². The Morgan fingerprint density at radius 2 is 0.947 bits per heavy atom. The van der Waals surface area contributed by atoms with Crippen molar-refractivity contribution in [1.29, 1.82) is 0 Å². The number of methoxy groups -OCH3 is 2. The van der Waals surface area contributed by atoms with Gasteiger partial charge in [0.1, 0.15) is 11.5 Å². The molecule has 9 rings (SSSR count). The molecule has 0 radical (unpaired) electrons. The van der Waals surface area contributed by atoms with Crippen molar-refractivity contribution in [2.24, 2.45) is 0 Å². The Morgan fingerprint density at radius 3 is 1.40 bits per heavy atom. The molecule has 0 saturated carbocycles. The van der Waals surface area contributed by atoms with Gasteiger partial charge in [-0.05, 0) is 96.8 Å². The molecule has 9 heteroatoms. The molecule has 2 aliphatic heterocycles. The number of fused-ring (bicyclic) bond motifs is 8. The van der Waals surface area contributed by atoms with Gasteiger partial charge in [-0.3, -0.25) is 10.1 Å².